The van der Waals surface area contributed by atoms with Crippen LogP contribution in [0.2, 0.25) is 0 Å². The lowest BCUT2D eigenvalue weighted by Crippen LogP contribution is -2.45. The van der Waals surface area contributed by atoms with E-state index in [4.69, 9.17) is 9.47 Å². The number of ether oxygens (including phenoxy) is 2. The first-order valence-electron chi connectivity index (χ1n) is 10.0. The standard InChI is InChI=1S/C21H29F3N2O3/c1-28-17-6-3-5-16(19(17)29-2)13-25-11-4-8-20(14-25)10-12-26(15-20)18(27)7-9-21(22,23)24/h3,5-6H,4,7-15H2,1-2H3/t20-/m0/s1. The van der Waals surface area contributed by atoms with Gasteiger partial charge < -0.3 is 14.4 Å². The zero-order chi connectivity index (χ0) is 21.1. The lowest BCUT2D eigenvalue weighted by Gasteiger charge is -2.40. The van der Waals surface area contributed by atoms with Crippen LogP contribution in [0.25, 0.3) is 0 Å². The molecule has 2 aliphatic rings. The first-order chi connectivity index (χ1) is 13.8. The monoisotopic (exact) mass is 414 g/mol. The molecule has 2 saturated heterocycles. The number of amides is 1. The quantitative estimate of drug-likeness (QED) is 0.709. The second kappa shape index (κ2) is 8.81. The molecule has 3 rings (SSSR count). The van der Waals surface area contributed by atoms with Gasteiger partial charge in [0.1, 0.15) is 0 Å². The summed E-state index contributed by atoms with van der Waals surface area (Å²) in [5.74, 6) is 1.04. The Morgan fingerprint density at radius 3 is 2.62 bits per heavy atom. The number of methoxy groups -OCH3 is 2. The molecular weight excluding hydrogens is 385 g/mol. The van der Waals surface area contributed by atoms with Crippen LogP contribution < -0.4 is 9.47 Å². The van der Waals surface area contributed by atoms with E-state index in [0.717, 1.165) is 43.7 Å². The molecular formula is C21H29F3N2O3. The molecule has 5 nitrogen and oxygen atoms in total. The van der Waals surface area contributed by atoms with Crippen molar-refractivity contribution >= 4 is 5.91 Å². The first-order valence-corrected chi connectivity index (χ1v) is 10.0. The van der Waals surface area contributed by atoms with Crippen LogP contribution in [0.3, 0.4) is 0 Å². The van der Waals surface area contributed by atoms with Crippen molar-refractivity contribution in [1.82, 2.24) is 9.80 Å². The second-order valence-electron chi connectivity index (χ2n) is 8.15. The molecule has 1 aromatic carbocycles. The highest BCUT2D eigenvalue weighted by atomic mass is 19.4. The van der Waals surface area contributed by atoms with Gasteiger partial charge in [-0.2, -0.15) is 13.2 Å². The number of alkyl halides is 3. The van der Waals surface area contributed by atoms with E-state index in [2.05, 4.69) is 4.90 Å². The summed E-state index contributed by atoms with van der Waals surface area (Å²) in [5, 5.41) is 0. The number of hydrogen-bond donors (Lipinski definition) is 0. The van der Waals surface area contributed by atoms with Crippen molar-refractivity contribution < 1.29 is 27.4 Å². The summed E-state index contributed by atoms with van der Waals surface area (Å²) in [7, 11) is 3.24. The average Bonchev–Trinajstić information content (AvgIpc) is 3.08. The molecule has 1 atom stereocenters. The number of carbonyl (C=O) groups excluding carboxylic acids is 1. The van der Waals surface area contributed by atoms with Gasteiger partial charge >= 0.3 is 6.18 Å². The van der Waals surface area contributed by atoms with E-state index in [9.17, 15) is 18.0 Å². The smallest absolute Gasteiger partial charge is 0.389 e. The Balaban J connectivity index is 1.62. The molecule has 0 aromatic heterocycles. The van der Waals surface area contributed by atoms with Gasteiger partial charge in [0.25, 0.3) is 0 Å². The predicted molar refractivity (Wildman–Crippen MR) is 103 cm³/mol. The highest BCUT2D eigenvalue weighted by molar-refractivity contribution is 5.76. The minimum Gasteiger partial charge on any atom is -0.493 e. The normalized spacial score (nSPS) is 22.9. The Bertz CT molecular complexity index is 726. The van der Waals surface area contributed by atoms with Gasteiger partial charge in [-0.3, -0.25) is 9.69 Å². The van der Waals surface area contributed by atoms with Gasteiger partial charge in [-0.1, -0.05) is 12.1 Å². The van der Waals surface area contributed by atoms with Crippen molar-refractivity contribution in [3.05, 3.63) is 23.8 Å². The van der Waals surface area contributed by atoms with Crippen LogP contribution in [0.4, 0.5) is 13.2 Å². The molecule has 29 heavy (non-hydrogen) atoms. The summed E-state index contributed by atoms with van der Waals surface area (Å²) in [6, 6.07) is 5.82. The fourth-order valence-electron chi connectivity index (χ4n) is 4.65. The van der Waals surface area contributed by atoms with Crippen LogP contribution >= 0.6 is 0 Å². The minimum atomic E-state index is -4.29. The van der Waals surface area contributed by atoms with Crippen LogP contribution in [0.5, 0.6) is 11.5 Å². The molecule has 2 heterocycles. The number of rotatable bonds is 6. The van der Waals surface area contributed by atoms with E-state index in [-0.39, 0.29) is 11.3 Å². The van der Waals surface area contributed by atoms with Crippen molar-refractivity contribution in [2.75, 3.05) is 40.4 Å². The summed E-state index contributed by atoms with van der Waals surface area (Å²) in [6.07, 6.45) is -2.93. The van der Waals surface area contributed by atoms with Crippen LogP contribution in [0.15, 0.2) is 18.2 Å². The number of benzene rings is 1. The fraction of sp³-hybridized carbons (Fsp3) is 0.667. The van der Waals surface area contributed by atoms with Crippen LogP contribution in [0, 0.1) is 5.41 Å². The van der Waals surface area contributed by atoms with Crippen LogP contribution in [-0.2, 0) is 11.3 Å². The number of nitrogens with zero attached hydrogens (tertiary/aromatic N) is 2. The number of likely N-dealkylation sites (tertiary alicyclic amines) is 2. The van der Waals surface area contributed by atoms with E-state index in [1.807, 2.05) is 18.2 Å². The maximum Gasteiger partial charge on any atom is 0.389 e. The molecule has 1 aromatic rings. The third-order valence-electron chi connectivity index (χ3n) is 6.03. The highest BCUT2D eigenvalue weighted by Gasteiger charge is 2.43. The summed E-state index contributed by atoms with van der Waals surface area (Å²) in [4.78, 5) is 16.2. The summed E-state index contributed by atoms with van der Waals surface area (Å²) < 4.78 is 48.2. The third kappa shape index (κ3) is 5.35. The number of piperidine rings is 1. The van der Waals surface area contributed by atoms with Crippen molar-refractivity contribution in [1.29, 1.82) is 0 Å². The molecule has 8 heteroatoms. The summed E-state index contributed by atoms with van der Waals surface area (Å²) in [6.45, 7) is 3.59. The van der Waals surface area contributed by atoms with Gasteiger partial charge in [-0.05, 0) is 31.9 Å². The van der Waals surface area contributed by atoms with E-state index >= 15 is 0 Å². The molecule has 162 valence electrons. The topological polar surface area (TPSA) is 42.0 Å². The van der Waals surface area contributed by atoms with Gasteiger partial charge in [-0.25, -0.2) is 0 Å². The van der Waals surface area contributed by atoms with E-state index < -0.39 is 19.0 Å². The molecule has 0 saturated carbocycles. The Hall–Kier alpha value is -1.96. The van der Waals surface area contributed by atoms with Gasteiger partial charge in [0, 0.05) is 43.6 Å². The molecule has 0 unspecified atom stereocenters. The Kier molecular flexibility index (Phi) is 6.61. The second-order valence-corrected chi connectivity index (χ2v) is 8.15. The molecule has 0 aliphatic carbocycles. The summed E-state index contributed by atoms with van der Waals surface area (Å²) in [5.41, 5.74) is 1.01. The number of para-hydroxylation sites is 1. The Morgan fingerprint density at radius 2 is 1.93 bits per heavy atom. The van der Waals surface area contributed by atoms with Crippen molar-refractivity contribution in [2.24, 2.45) is 5.41 Å². The van der Waals surface area contributed by atoms with Crippen molar-refractivity contribution in [3.8, 4) is 11.5 Å². The maximum atomic E-state index is 12.4. The lowest BCUT2D eigenvalue weighted by molar-refractivity contribution is -0.148. The molecule has 0 bridgehead atoms. The largest absolute Gasteiger partial charge is 0.493 e. The Morgan fingerprint density at radius 1 is 1.14 bits per heavy atom. The van der Waals surface area contributed by atoms with Crippen LogP contribution in [-0.4, -0.2) is 62.3 Å². The van der Waals surface area contributed by atoms with E-state index in [1.165, 1.54) is 0 Å². The molecule has 0 radical (unpaired) electrons. The zero-order valence-corrected chi connectivity index (χ0v) is 17.1. The van der Waals surface area contributed by atoms with Crippen molar-refractivity contribution in [2.45, 2.75) is 44.8 Å². The van der Waals surface area contributed by atoms with E-state index in [1.54, 1.807) is 19.1 Å². The highest BCUT2D eigenvalue weighted by Crippen LogP contribution is 2.41. The first kappa shape index (κ1) is 21.7. The Labute approximate surface area is 169 Å². The number of hydrogen-bond acceptors (Lipinski definition) is 4. The number of halogens is 3. The van der Waals surface area contributed by atoms with Crippen LogP contribution in [0.1, 0.15) is 37.7 Å². The third-order valence-corrected chi connectivity index (χ3v) is 6.03. The molecule has 1 amide bonds. The average molecular weight is 414 g/mol. The van der Waals surface area contributed by atoms with Gasteiger partial charge in [-0.15, -0.1) is 0 Å². The minimum absolute atomic E-state index is 0.0295. The molecule has 1 spiro atoms. The maximum absolute atomic E-state index is 12.4. The number of carbonyl (C=O) groups is 1. The summed E-state index contributed by atoms with van der Waals surface area (Å²) >= 11 is 0. The lowest BCUT2D eigenvalue weighted by atomic mass is 9.79. The van der Waals surface area contributed by atoms with E-state index in [0.29, 0.717) is 25.4 Å². The fourth-order valence-corrected chi connectivity index (χ4v) is 4.65. The SMILES string of the molecule is COc1cccc(CN2CCC[C@]3(CCN(C(=O)CCC(F)(F)F)C3)C2)c1OC. The molecule has 2 aliphatic heterocycles. The van der Waals surface area contributed by atoms with Crippen molar-refractivity contribution in [3.63, 3.8) is 0 Å². The molecule has 0 N–H and O–H groups in total. The van der Waals surface area contributed by atoms with Gasteiger partial charge in [0.05, 0.1) is 20.6 Å². The zero-order valence-electron chi connectivity index (χ0n) is 17.1. The predicted octanol–water partition coefficient (Wildman–Crippen LogP) is 3.86. The van der Waals surface area contributed by atoms with Gasteiger partial charge in [0.2, 0.25) is 5.91 Å². The molecule has 2 fully saturated rings. The van der Waals surface area contributed by atoms with Gasteiger partial charge in [0.15, 0.2) is 11.5 Å².